The number of carbonyl (C=O) groups excluding carboxylic acids is 2. The molecule has 5 nitrogen and oxygen atoms in total. The Hall–Kier alpha value is -2.53. The molecular weight excluding hydrogens is 318 g/mol. The van der Waals surface area contributed by atoms with Crippen molar-refractivity contribution in [3.63, 3.8) is 0 Å². The number of amides is 1. The van der Waals surface area contributed by atoms with Gasteiger partial charge in [0.15, 0.2) is 18.1 Å². The van der Waals surface area contributed by atoms with Crippen LogP contribution in [0.1, 0.15) is 10.4 Å². The molecule has 0 unspecified atom stereocenters. The van der Waals surface area contributed by atoms with Crippen molar-refractivity contribution in [3.05, 3.63) is 53.1 Å². The fourth-order valence-electron chi connectivity index (χ4n) is 1.97. The lowest BCUT2D eigenvalue weighted by Crippen LogP contribution is -2.31. The van der Waals surface area contributed by atoms with Gasteiger partial charge in [-0.2, -0.15) is 0 Å². The number of nitrogens with zero attached hydrogens (tertiary/aromatic N) is 1. The Morgan fingerprint density at radius 3 is 2.57 bits per heavy atom. The van der Waals surface area contributed by atoms with Gasteiger partial charge in [0.05, 0.1) is 12.1 Å². The van der Waals surface area contributed by atoms with Gasteiger partial charge >= 0.3 is 0 Å². The first kappa shape index (κ1) is 16.8. The van der Waals surface area contributed by atoms with E-state index in [2.05, 4.69) is 0 Å². The zero-order chi connectivity index (χ0) is 16.8. The molecule has 0 aromatic heterocycles. The third-order valence-electron chi connectivity index (χ3n) is 3.25. The molecule has 2 rings (SSSR count). The molecular formula is C17H16ClNO4. The Balaban J connectivity index is 2.11. The molecule has 0 bridgehead atoms. The van der Waals surface area contributed by atoms with Gasteiger partial charge in [0, 0.05) is 18.3 Å². The minimum atomic E-state index is -0.242. The second kappa shape index (κ2) is 7.65. The van der Waals surface area contributed by atoms with Crippen molar-refractivity contribution in [2.45, 2.75) is 0 Å². The molecule has 0 saturated heterocycles. The molecule has 0 radical (unpaired) electrons. The topological polar surface area (TPSA) is 55.8 Å². The Kier molecular flexibility index (Phi) is 5.60. The number of rotatable bonds is 6. The summed E-state index contributed by atoms with van der Waals surface area (Å²) < 4.78 is 10.7. The largest absolute Gasteiger partial charge is 0.493 e. The van der Waals surface area contributed by atoms with Gasteiger partial charge in [0.2, 0.25) is 0 Å². The summed E-state index contributed by atoms with van der Waals surface area (Å²) in [6.45, 7) is -0.206. The van der Waals surface area contributed by atoms with E-state index in [0.29, 0.717) is 17.6 Å². The standard InChI is InChI=1S/C17H16ClNO4/c1-19(13-6-4-3-5-7-13)16(21)11-23-17-14(18)8-12(10-20)9-15(17)22-2/h3-10H,11H2,1-2H3. The van der Waals surface area contributed by atoms with Crippen LogP contribution >= 0.6 is 11.6 Å². The third kappa shape index (κ3) is 4.02. The summed E-state index contributed by atoms with van der Waals surface area (Å²) in [5.41, 5.74) is 1.13. The van der Waals surface area contributed by atoms with Gasteiger partial charge in [-0.3, -0.25) is 9.59 Å². The van der Waals surface area contributed by atoms with Crippen LogP contribution in [0.2, 0.25) is 5.02 Å². The summed E-state index contributed by atoms with van der Waals surface area (Å²) in [5, 5.41) is 0.210. The Labute approximate surface area is 139 Å². The highest BCUT2D eigenvalue weighted by molar-refractivity contribution is 6.32. The van der Waals surface area contributed by atoms with Crippen molar-refractivity contribution in [3.8, 4) is 11.5 Å². The number of halogens is 1. The van der Waals surface area contributed by atoms with E-state index in [1.54, 1.807) is 7.05 Å². The van der Waals surface area contributed by atoms with Crippen molar-refractivity contribution < 1.29 is 19.1 Å². The molecule has 0 aliphatic carbocycles. The van der Waals surface area contributed by atoms with Crippen LogP contribution in [0.3, 0.4) is 0 Å². The molecule has 0 saturated carbocycles. The Morgan fingerprint density at radius 2 is 1.96 bits per heavy atom. The lowest BCUT2D eigenvalue weighted by Gasteiger charge is -2.18. The summed E-state index contributed by atoms with van der Waals surface area (Å²) >= 11 is 6.08. The number of likely N-dealkylation sites (N-methyl/N-ethyl adjacent to an activating group) is 1. The van der Waals surface area contributed by atoms with E-state index in [1.165, 1.54) is 24.1 Å². The lowest BCUT2D eigenvalue weighted by molar-refractivity contribution is -0.120. The van der Waals surface area contributed by atoms with Gasteiger partial charge in [0.1, 0.15) is 6.29 Å². The van der Waals surface area contributed by atoms with Crippen LogP contribution in [0, 0.1) is 0 Å². The smallest absolute Gasteiger partial charge is 0.264 e. The zero-order valence-electron chi connectivity index (χ0n) is 12.8. The highest BCUT2D eigenvalue weighted by Gasteiger charge is 2.16. The van der Waals surface area contributed by atoms with E-state index >= 15 is 0 Å². The molecule has 2 aromatic carbocycles. The number of methoxy groups -OCH3 is 1. The molecule has 0 atom stereocenters. The van der Waals surface area contributed by atoms with E-state index < -0.39 is 0 Å². The van der Waals surface area contributed by atoms with Gasteiger partial charge in [-0.05, 0) is 24.3 Å². The second-order valence-electron chi connectivity index (χ2n) is 4.73. The Bertz CT molecular complexity index is 703. The molecule has 0 spiro atoms. The number of anilines is 1. The van der Waals surface area contributed by atoms with Crippen molar-refractivity contribution in [1.82, 2.24) is 0 Å². The summed E-state index contributed by atoms with van der Waals surface area (Å²) in [4.78, 5) is 24.5. The fraction of sp³-hybridized carbons (Fsp3) is 0.176. The summed E-state index contributed by atoms with van der Waals surface area (Å²) in [6, 6.07) is 12.2. The highest BCUT2D eigenvalue weighted by Crippen LogP contribution is 2.36. The van der Waals surface area contributed by atoms with E-state index in [4.69, 9.17) is 21.1 Å². The summed E-state index contributed by atoms with van der Waals surface area (Å²) in [6.07, 6.45) is 0.659. The van der Waals surface area contributed by atoms with Crippen molar-refractivity contribution in [1.29, 1.82) is 0 Å². The van der Waals surface area contributed by atoms with Crippen LogP contribution in [0.15, 0.2) is 42.5 Å². The number of carbonyl (C=O) groups is 2. The number of hydrogen-bond donors (Lipinski definition) is 0. The first-order valence-electron chi connectivity index (χ1n) is 6.84. The molecule has 120 valence electrons. The molecule has 0 heterocycles. The fourth-order valence-corrected chi connectivity index (χ4v) is 2.25. The summed E-state index contributed by atoms with van der Waals surface area (Å²) in [5.74, 6) is 0.290. The van der Waals surface area contributed by atoms with E-state index in [-0.39, 0.29) is 23.3 Å². The predicted octanol–water partition coefficient (Wildman–Crippen LogP) is 3.20. The maximum Gasteiger partial charge on any atom is 0.264 e. The lowest BCUT2D eigenvalue weighted by atomic mass is 10.2. The van der Waals surface area contributed by atoms with E-state index in [0.717, 1.165) is 5.69 Å². The molecule has 0 aliphatic heterocycles. The van der Waals surface area contributed by atoms with Crippen LogP contribution in [0.5, 0.6) is 11.5 Å². The van der Waals surface area contributed by atoms with Gasteiger partial charge in [-0.1, -0.05) is 29.8 Å². The maximum absolute atomic E-state index is 12.2. The van der Waals surface area contributed by atoms with Crippen molar-refractivity contribution in [2.75, 3.05) is 25.7 Å². The van der Waals surface area contributed by atoms with Crippen molar-refractivity contribution in [2.24, 2.45) is 0 Å². The van der Waals surface area contributed by atoms with Gasteiger partial charge in [-0.25, -0.2) is 0 Å². The van der Waals surface area contributed by atoms with Crippen molar-refractivity contribution >= 4 is 29.5 Å². The van der Waals surface area contributed by atoms with Crippen LogP contribution in [0.4, 0.5) is 5.69 Å². The third-order valence-corrected chi connectivity index (χ3v) is 3.53. The minimum absolute atomic E-state index is 0.206. The number of hydrogen-bond acceptors (Lipinski definition) is 4. The van der Waals surface area contributed by atoms with Crippen LogP contribution in [0.25, 0.3) is 0 Å². The minimum Gasteiger partial charge on any atom is -0.493 e. The Morgan fingerprint density at radius 1 is 1.26 bits per heavy atom. The van der Waals surface area contributed by atoms with Gasteiger partial charge in [0.25, 0.3) is 5.91 Å². The highest BCUT2D eigenvalue weighted by atomic mass is 35.5. The number of aldehydes is 1. The molecule has 6 heteroatoms. The van der Waals surface area contributed by atoms with Gasteiger partial charge < -0.3 is 14.4 Å². The SMILES string of the molecule is COc1cc(C=O)cc(Cl)c1OCC(=O)N(C)c1ccccc1. The number of ether oxygens (including phenoxy) is 2. The molecule has 0 aliphatic rings. The average molecular weight is 334 g/mol. The predicted molar refractivity (Wildman–Crippen MR) is 88.7 cm³/mol. The molecule has 2 aromatic rings. The summed E-state index contributed by atoms with van der Waals surface area (Å²) in [7, 11) is 3.10. The normalized spacial score (nSPS) is 10.0. The monoisotopic (exact) mass is 333 g/mol. The molecule has 0 N–H and O–H groups in total. The quantitative estimate of drug-likeness (QED) is 0.762. The van der Waals surface area contributed by atoms with Crippen LogP contribution in [-0.2, 0) is 4.79 Å². The molecule has 23 heavy (non-hydrogen) atoms. The first-order valence-corrected chi connectivity index (χ1v) is 7.21. The first-order chi connectivity index (χ1) is 11.1. The maximum atomic E-state index is 12.2. The zero-order valence-corrected chi connectivity index (χ0v) is 13.5. The van der Waals surface area contributed by atoms with Crippen LogP contribution < -0.4 is 14.4 Å². The average Bonchev–Trinajstić information content (AvgIpc) is 2.59. The number of para-hydroxylation sites is 1. The second-order valence-corrected chi connectivity index (χ2v) is 5.14. The number of benzene rings is 2. The van der Waals surface area contributed by atoms with E-state index in [1.807, 2.05) is 30.3 Å². The molecule has 0 fully saturated rings. The van der Waals surface area contributed by atoms with E-state index in [9.17, 15) is 9.59 Å². The van der Waals surface area contributed by atoms with Crippen LogP contribution in [-0.4, -0.2) is 33.0 Å². The van der Waals surface area contributed by atoms with Gasteiger partial charge in [-0.15, -0.1) is 0 Å². The molecule has 1 amide bonds.